The normalized spacial score (nSPS) is 12.1. The molecule has 0 aliphatic carbocycles. The van der Waals surface area contributed by atoms with Gasteiger partial charge in [-0.3, -0.25) is 4.79 Å². The molecule has 28 heavy (non-hydrogen) atoms. The summed E-state index contributed by atoms with van der Waals surface area (Å²) in [7, 11) is 0. The molecule has 2 aromatic carbocycles. The van der Waals surface area contributed by atoms with Crippen LogP contribution in [0.15, 0.2) is 48.5 Å². The summed E-state index contributed by atoms with van der Waals surface area (Å²) in [6, 6.07) is 11.5. The standard InChI is InChI=1S/C19H19F3N2O4/c1-12(28-18(23)26)17(25)24-10-13-4-8-16(9-5-13)27-11-14-2-6-15(7-3-14)19(20,21)22/h2-9,12H,10-11H2,1H3,(H2,23,26)(H,24,25). The van der Waals surface area contributed by atoms with Crippen molar-refractivity contribution in [1.29, 1.82) is 0 Å². The third-order valence-corrected chi connectivity index (χ3v) is 3.74. The molecule has 0 saturated carbocycles. The lowest BCUT2D eigenvalue weighted by molar-refractivity contribution is -0.137. The number of halogens is 3. The maximum atomic E-state index is 12.5. The molecule has 2 amide bonds. The van der Waals surface area contributed by atoms with Crippen molar-refractivity contribution in [1.82, 2.24) is 5.32 Å². The van der Waals surface area contributed by atoms with Crippen LogP contribution in [0, 0.1) is 0 Å². The Kier molecular flexibility index (Phi) is 6.86. The summed E-state index contributed by atoms with van der Waals surface area (Å²) in [5, 5.41) is 2.59. The highest BCUT2D eigenvalue weighted by atomic mass is 19.4. The summed E-state index contributed by atoms with van der Waals surface area (Å²) in [5.41, 5.74) is 5.52. The van der Waals surface area contributed by atoms with E-state index in [1.165, 1.54) is 19.1 Å². The van der Waals surface area contributed by atoms with Gasteiger partial charge in [-0.15, -0.1) is 0 Å². The van der Waals surface area contributed by atoms with Gasteiger partial charge in [-0.2, -0.15) is 13.2 Å². The van der Waals surface area contributed by atoms with Crippen LogP contribution in [-0.2, 0) is 28.9 Å². The molecular formula is C19H19F3N2O4. The summed E-state index contributed by atoms with van der Waals surface area (Å²) in [6.07, 6.45) is -6.39. The van der Waals surface area contributed by atoms with E-state index >= 15 is 0 Å². The number of rotatable bonds is 7. The topological polar surface area (TPSA) is 90.7 Å². The van der Waals surface area contributed by atoms with Crippen molar-refractivity contribution in [2.45, 2.75) is 32.4 Å². The molecule has 0 aromatic heterocycles. The van der Waals surface area contributed by atoms with E-state index in [9.17, 15) is 22.8 Å². The Bertz CT molecular complexity index is 805. The van der Waals surface area contributed by atoms with Gasteiger partial charge in [0.1, 0.15) is 12.4 Å². The number of hydrogen-bond acceptors (Lipinski definition) is 4. The Labute approximate surface area is 159 Å². The molecule has 9 heteroatoms. The number of hydrogen-bond donors (Lipinski definition) is 2. The van der Waals surface area contributed by atoms with Gasteiger partial charge in [0.2, 0.25) is 0 Å². The van der Waals surface area contributed by atoms with E-state index < -0.39 is 29.8 Å². The third-order valence-electron chi connectivity index (χ3n) is 3.74. The van der Waals surface area contributed by atoms with Gasteiger partial charge in [0.05, 0.1) is 5.56 Å². The quantitative estimate of drug-likeness (QED) is 0.751. The van der Waals surface area contributed by atoms with Crippen molar-refractivity contribution < 1.29 is 32.2 Å². The van der Waals surface area contributed by atoms with Crippen molar-refractivity contribution in [3.05, 3.63) is 65.2 Å². The molecular weight excluding hydrogens is 377 g/mol. The predicted molar refractivity (Wildman–Crippen MR) is 94.2 cm³/mol. The highest BCUT2D eigenvalue weighted by Gasteiger charge is 2.29. The molecule has 0 spiro atoms. The van der Waals surface area contributed by atoms with E-state index in [4.69, 9.17) is 10.5 Å². The van der Waals surface area contributed by atoms with Crippen LogP contribution in [0.5, 0.6) is 5.75 Å². The van der Waals surface area contributed by atoms with Gasteiger partial charge in [0.15, 0.2) is 6.10 Å². The minimum Gasteiger partial charge on any atom is -0.489 e. The number of benzene rings is 2. The fourth-order valence-electron chi connectivity index (χ4n) is 2.22. The number of carbonyl (C=O) groups excluding carboxylic acids is 2. The van der Waals surface area contributed by atoms with E-state index in [0.717, 1.165) is 17.7 Å². The number of amides is 2. The van der Waals surface area contributed by atoms with Gasteiger partial charge in [0.25, 0.3) is 5.91 Å². The van der Waals surface area contributed by atoms with Crippen molar-refractivity contribution in [3.8, 4) is 5.75 Å². The summed E-state index contributed by atoms with van der Waals surface area (Å²) in [5.74, 6) is 0.0434. The van der Waals surface area contributed by atoms with Crippen molar-refractivity contribution in [3.63, 3.8) is 0 Å². The average Bonchev–Trinajstić information content (AvgIpc) is 2.64. The maximum Gasteiger partial charge on any atom is 0.416 e. The average molecular weight is 396 g/mol. The highest BCUT2D eigenvalue weighted by Crippen LogP contribution is 2.29. The zero-order valence-corrected chi connectivity index (χ0v) is 15.0. The maximum absolute atomic E-state index is 12.5. The summed E-state index contributed by atoms with van der Waals surface area (Å²) < 4.78 is 47.7. The van der Waals surface area contributed by atoms with Crippen LogP contribution in [0.2, 0.25) is 0 Å². The molecule has 0 fully saturated rings. The van der Waals surface area contributed by atoms with E-state index in [-0.39, 0.29) is 13.2 Å². The number of carbonyl (C=O) groups is 2. The number of alkyl halides is 3. The van der Waals surface area contributed by atoms with Crippen LogP contribution in [0.3, 0.4) is 0 Å². The lowest BCUT2D eigenvalue weighted by atomic mass is 10.1. The fraction of sp³-hybridized carbons (Fsp3) is 0.263. The van der Waals surface area contributed by atoms with Gasteiger partial charge >= 0.3 is 12.3 Å². The lowest BCUT2D eigenvalue weighted by Gasteiger charge is -2.12. The Morgan fingerprint density at radius 3 is 2.14 bits per heavy atom. The number of ether oxygens (including phenoxy) is 2. The first-order valence-corrected chi connectivity index (χ1v) is 8.27. The lowest BCUT2D eigenvalue weighted by Crippen LogP contribution is -2.36. The van der Waals surface area contributed by atoms with Crippen LogP contribution in [0.4, 0.5) is 18.0 Å². The SMILES string of the molecule is CC(OC(N)=O)C(=O)NCc1ccc(OCc2ccc(C(F)(F)F)cc2)cc1. The van der Waals surface area contributed by atoms with Crippen LogP contribution < -0.4 is 15.8 Å². The molecule has 0 saturated heterocycles. The molecule has 1 unspecified atom stereocenters. The molecule has 0 bridgehead atoms. The summed E-state index contributed by atoms with van der Waals surface area (Å²) in [6.45, 7) is 1.74. The van der Waals surface area contributed by atoms with Crippen LogP contribution in [0.1, 0.15) is 23.6 Å². The van der Waals surface area contributed by atoms with Crippen molar-refractivity contribution in [2.24, 2.45) is 5.73 Å². The number of nitrogens with one attached hydrogen (secondary N) is 1. The second kappa shape index (κ2) is 9.12. The van der Waals surface area contributed by atoms with Gasteiger partial charge in [-0.25, -0.2) is 4.79 Å². The van der Waals surface area contributed by atoms with Gasteiger partial charge in [-0.1, -0.05) is 24.3 Å². The molecule has 0 aliphatic rings. The minimum atomic E-state index is -4.37. The van der Waals surface area contributed by atoms with E-state index in [2.05, 4.69) is 10.1 Å². The molecule has 6 nitrogen and oxygen atoms in total. The van der Waals surface area contributed by atoms with Crippen LogP contribution >= 0.6 is 0 Å². The van der Waals surface area contributed by atoms with Crippen LogP contribution in [-0.4, -0.2) is 18.1 Å². The molecule has 150 valence electrons. The largest absolute Gasteiger partial charge is 0.489 e. The molecule has 2 rings (SSSR count). The van der Waals surface area contributed by atoms with E-state index in [1.807, 2.05) is 0 Å². The Hall–Kier alpha value is -3.23. The second-order valence-corrected chi connectivity index (χ2v) is 5.92. The van der Waals surface area contributed by atoms with Crippen LogP contribution in [0.25, 0.3) is 0 Å². The summed E-state index contributed by atoms with van der Waals surface area (Å²) in [4.78, 5) is 22.3. The van der Waals surface area contributed by atoms with Crippen molar-refractivity contribution in [2.75, 3.05) is 0 Å². The summed E-state index contributed by atoms with van der Waals surface area (Å²) >= 11 is 0. The van der Waals surface area contributed by atoms with Gasteiger partial charge in [-0.05, 0) is 42.3 Å². The molecule has 0 aliphatic heterocycles. The molecule has 2 aromatic rings. The molecule has 0 heterocycles. The number of nitrogens with two attached hydrogens (primary N) is 1. The Balaban J connectivity index is 1.82. The smallest absolute Gasteiger partial charge is 0.416 e. The Morgan fingerprint density at radius 2 is 1.61 bits per heavy atom. The first kappa shape index (κ1) is 21.1. The van der Waals surface area contributed by atoms with Gasteiger partial charge in [0, 0.05) is 6.54 Å². The molecule has 0 radical (unpaired) electrons. The number of primary amides is 1. The van der Waals surface area contributed by atoms with E-state index in [1.54, 1.807) is 24.3 Å². The highest BCUT2D eigenvalue weighted by molar-refractivity contribution is 5.82. The predicted octanol–water partition coefficient (Wildman–Crippen LogP) is 3.38. The Morgan fingerprint density at radius 1 is 1.04 bits per heavy atom. The molecule has 1 atom stereocenters. The second-order valence-electron chi connectivity index (χ2n) is 5.92. The van der Waals surface area contributed by atoms with Crippen molar-refractivity contribution >= 4 is 12.0 Å². The monoisotopic (exact) mass is 396 g/mol. The molecule has 3 N–H and O–H groups in total. The first-order chi connectivity index (χ1) is 13.1. The zero-order valence-electron chi connectivity index (χ0n) is 15.0. The first-order valence-electron chi connectivity index (χ1n) is 8.27. The third kappa shape index (κ3) is 6.49. The van der Waals surface area contributed by atoms with Gasteiger partial charge < -0.3 is 20.5 Å². The fourth-order valence-corrected chi connectivity index (χ4v) is 2.22. The van der Waals surface area contributed by atoms with E-state index in [0.29, 0.717) is 11.3 Å². The minimum absolute atomic E-state index is 0.121. The zero-order chi connectivity index (χ0) is 20.7.